The van der Waals surface area contributed by atoms with Crippen LogP contribution in [-0.2, 0) is 24.0 Å². The van der Waals surface area contributed by atoms with Crippen molar-refractivity contribution in [3.8, 4) is 11.3 Å². The molecule has 0 radical (unpaired) electrons. The standard InChI is InChI=1S/C25H28N6O2S/c1-29(34(32)33)18-20-6-2-3-7-23(20)24-13-12-22-16-26-25(28-31(22)24)27-21-10-8-19(9-11-21)17-30-14-4-5-15-30/h2-3,6-13,16,34H,4-5,14-15,17-18H2,1H3,(H,27,28). The van der Waals surface area contributed by atoms with E-state index < -0.39 is 10.9 Å². The van der Waals surface area contributed by atoms with Crippen molar-refractivity contribution in [3.05, 3.63) is 78.0 Å². The van der Waals surface area contributed by atoms with Crippen LogP contribution in [0.15, 0.2) is 66.9 Å². The van der Waals surface area contributed by atoms with Crippen LogP contribution in [0.2, 0.25) is 0 Å². The maximum absolute atomic E-state index is 11.4. The molecule has 34 heavy (non-hydrogen) atoms. The van der Waals surface area contributed by atoms with Crippen molar-refractivity contribution >= 4 is 28.0 Å². The van der Waals surface area contributed by atoms with Gasteiger partial charge in [-0.25, -0.2) is 22.2 Å². The fourth-order valence-corrected chi connectivity index (χ4v) is 4.66. The molecular formula is C25H28N6O2S. The fraction of sp³-hybridized carbons (Fsp3) is 0.280. The van der Waals surface area contributed by atoms with E-state index in [1.165, 1.54) is 35.8 Å². The van der Waals surface area contributed by atoms with Crippen molar-refractivity contribution < 1.29 is 8.42 Å². The van der Waals surface area contributed by atoms with E-state index in [0.717, 1.165) is 34.6 Å². The number of hydrogen-bond donors (Lipinski definition) is 2. The summed E-state index contributed by atoms with van der Waals surface area (Å²) >= 11 is 0. The van der Waals surface area contributed by atoms with Crippen LogP contribution < -0.4 is 5.32 Å². The molecule has 1 saturated heterocycles. The molecule has 1 N–H and O–H groups in total. The topological polar surface area (TPSA) is 82.8 Å². The van der Waals surface area contributed by atoms with Gasteiger partial charge >= 0.3 is 0 Å². The summed E-state index contributed by atoms with van der Waals surface area (Å²) in [6.45, 7) is 3.65. The highest BCUT2D eigenvalue weighted by Crippen LogP contribution is 2.27. The first-order chi connectivity index (χ1) is 16.6. The van der Waals surface area contributed by atoms with E-state index in [2.05, 4.69) is 39.5 Å². The lowest BCUT2D eigenvalue weighted by atomic mass is 10.0. The predicted octanol–water partition coefficient (Wildman–Crippen LogP) is 3.69. The Labute approximate surface area is 200 Å². The van der Waals surface area contributed by atoms with E-state index in [4.69, 9.17) is 5.10 Å². The van der Waals surface area contributed by atoms with Gasteiger partial charge < -0.3 is 5.32 Å². The third-order valence-corrected chi connectivity index (χ3v) is 6.88. The van der Waals surface area contributed by atoms with Crippen molar-refractivity contribution in [1.82, 2.24) is 23.8 Å². The summed E-state index contributed by atoms with van der Waals surface area (Å²) in [5.41, 5.74) is 5.82. The second-order valence-corrected chi connectivity index (χ2v) is 9.81. The molecule has 9 heteroatoms. The SMILES string of the molecule is CN(Cc1ccccc1-c1ccc2cnc(Nc3ccc(CN4CCCC4)cc3)nn12)[SH](=O)=O. The highest BCUT2D eigenvalue weighted by atomic mass is 32.2. The normalized spacial score (nSPS) is 14.4. The van der Waals surface area contributed by atoms with Gasteiger partial charge in [0.1, 0.15) is 0 Å². The third-order valence-electron chi connectivity index (χ3n) is 6.18. The zero-order valence-corrected chi connectivity index (χ0v) is 20.0. The number of benzene rings is 2. The first kappa shape index (κ1) is 22.5. The molecule has 1 aliphatic heterocycles. The zero-order chi connectivity index (χ0) is 23.5. The molecule has 3 heterocycles. The summed E-state index contributed by atoms with van der Waals surface area (Å²) in [7, 11) is -1.07. The monoisotopic (exact) mass is 476 g/mol. The first-order valence-electron chi connectivity index (χ1n) is 11.4. The Kier molecular flexibility index (Phi) is 6.57. The van der Waals surface area contributed by atoms with Gasteiger partial charge in [0.05, 0.1) is 17.4 Å². The van der Waals surface area contributed by atoms with Crippen LogP contribution in [0.25, 0.3) is 16.8 Å². The van der Waals surface area contributed by atoms with Gasteiger partial charge in [0, 0.05) is 31.4 Å². The number of anilines is 2. The third kappa shape index (κ3) is 4.96. The number of likely N-dealkylation sites (tertiary alicyclic amines) is 1. The van der Waals surface area contributed by atoms with Gasteiger partial charge in [-0.15, -0.1) is 5.10 Å². The predicted molar refractivity (Wildman–Crippen MR) is 134 cm³/mol. The van der Waals surface area contributed by atoms with Crippen LogP contribution in [0.5, 0.6) is 0 Å². The van der Waals surface area contributed by atoms with Gasteiger partial charge in [-0.05, 0) is 61.3 Å². The number of fused-ring (bicyclic) bond motifs is 1. The molecular weight excluding hydrogens is 448 g/mol. The highest BCUT2D eigenvalue weighted by Gasteiger charge is 2.14. The van der Waals surface area contributed by atoms with Crippen LogP contribution >= 0.6 is 0 Å². The largest absolute Gasteiger partial charge is 0.323 e. The first-order valence-corrected chi connectivity index (χ1v) is 12.6. The number of rotatable bonds is 8. The van der Waals surface area contributed by atoms with Gasteiger partial charge in [0.15, 0.2) is 0 Å². The lowest BCUT2D eigenvalue weighted by Crippen LogP contribution is -2.18. The summed E-state index contributed by atoms with van der Waals surface area (Å²) in [5, 5.41) is 8.02. The van der Waals surface area contributed by atoms with E-state index in [1.54, 1.807) is 13.2 Å². The molecule has 1 fully saturated rings. The molecule has 4 aromatic rings. The lowest BCUT2D eigenvalue weighted by molar-refractivity contribution is 0.331. The van der Waals surface area contributed by atoms with Gasteiger partial charge in [0.2, 0.25) is 16.8 Å². The quantitative estimate of drug-likeness (QED) is 0.378. The second-order valence-electron chi connectivity index (χ2n) is 8.65. The second kappa shape index (κ2) is 9.92. The summed E-state index contributed by atoms with van der Waals surface area (Å²) in [6, 6.07) is 20.1. The highest BCUT2D eigenvalue weighted by molar-refractivity contribution is 7.69. The Balaban J connectivity index is 1.39. The van der Waals surface area contributed by atoms with Crippen molar-refractivity contribution in [2.45, 2.75) is 25.9 Å². The van der Waals surface area contributed by atoms with Gasteiger partial charge in [-0.3, -0.25) is 4.90 Å². The number of aromatic nitrogens is 3. The molecule has 0 spiro atoms. The van der Waals surface area contributed by atoms with E-state index >= 15 is 0 Å². The molecule has 2 aromatic carbocycles. The molecule has 8 nitrogen and oxygen atoms in total. The molecule has 5 rings (SSSR count). The van der Waals surface area contributed by atoms with Gasteiger partial charge in [-0.1, -0.05) is 36.4 Å². The number of thiol groups is 1. The Bertz CT molecular complexity index is 1350. The van der Waals surface area contributed by atoms with E-state index in [1.807, 2.05) is 40.9 Å². The van der Waals surface area contributed by atoms with E-state index in [9.17, 15) is 8.42 Å². The minimum atomic E-state index is -2.64. The van der Waals surface area contributed by atoms with Crippen LogP contribution in [0.1, 0.15) is 24.0 Å². The molecule has 0 saturated carbocycles. The Morgan fingerprint density at radius 1 is 1.00 bits per heavy atom. The molecule has 0 atom stereocenters. The van der Waals surface area contributed by atoms with Crippen LogP contribution in [0.3, 0.4) is 0 Å². The maximum atomic E-state index is 11.4. The Morgan fingerprint density at radius 3 is 2.53 bits per heavy atom. The molecule has 0 amide bonds. The molecule has 0 unspecified atom stereocenters. The minimum absolute atomic E-state index is 0.294. The average Bonchev–Trinajstić information content (AvgIpc) is 3.50. The minimum Gasteiger partial charge on any atom is -0.323 e. The maximum Gasteiger partial charge on any atom is 0.245 e. The fourth-order valence-electron chi connectivity index (χ4n) is 4.40. The Hall–Kier alpha value is -3.27. The van der Waals surface area contributed by atoms with Crippen molar-refractivity contribution in [1.29, 1.82) is 0 Å². The zero-order valence-electron chi connectivity index (χ0n) is 19.1. The average molecular weight is 477 g/mol. The molecule has 1 aliphatic rings. The summed E-state index contributed by atoms with van der Waals surface area (Å²) in [6.07, 6.45) is 4.37. The van der Waals surface area contributed by atoms with Gasteiger partial charge in [-0.2, -0.15) is 0 Å². The number of nitrogens with one attached hydrogen (secondary N) is 1. The summed E-state index contributed by atoms with van der Waals surface area (Å²) < 4.78 is 25.9. The van der Waals surface area contributed by atoms with Crippen LogP contribution in [-0.4, -0.2) is 52.4 Å². The number of hydrogen-bond acceptors (Lipinski definition) is 6. The molecule has 0 bridgehead atoms. The van der Waals surface area contributed by atoms with Crippen molar-refractivity contribution in [2.75, 3.05) is 25.5 Å². The van der Waals surface area contributed by atoms with E-state index in [-0.39, 0.29) is 0 Å². The smallest absolute Gasteiger partial charge is 0.245 e. The number of nitrogens with zero attached hydrogens (tertiary/aromatic N) is 5. The summed E-state index contributed by atoms with van der Waals surface area (Å²) in [5.74, 6) is 0.495. The van der Waals surface area contributed by atoms with E-state index in [0.29, 0.717) is 12.5 Å². The van der Waals surface area contributed by atoms with Gasteiger partial charge in [0.25, 0.3) is 0 Å². The summed E-state index contributed by atoms with van der Waals surface area (Å²) in [4.78, 5) is 6.95. The molecule has 0 aliphatic carbocycles. The van der Waals surface area contributed by atoms with Crippen LogP contribution in [0.4, 0.5) is 11.6 Å². The van der Waals surface area contributed by atoms with Crippen molar-refractivity contribution in [3.63, 3.8) is 0 Å². The van der Waals surface area contributed by atoms with Crippen molar-refractivity contribution in [2.24, 2.45) is 0 Å². The molecule has 2 aromatic heterocycles. The molecule has 176 valence electrons. The van der Waals surface area contributed by atoms with Crippen LogP contribution in [0, 0.1) is 0 Å². The lowest BCUT2D eigenvalue weighted by Gasteiger charge is -2.15. The Morgan fingerprint density at radius 2 is 1.76 bits per heavy atom.